The average molecular weight is 450 g/mol. The highest BCUT2D eigenvalue weighted by Gasteiger charge is 2.51. The van der Waals surface area contributed by atoms with E-state index in [9.17, 15) is 27.2 Å². The normalized spacial score (nSPS) is 19.4. The molecule has 1 aliphatic heterocycles. The number of halogens is 4. The summed E-state index contributed by atoms with van der Waals surface area (Å²) in [6.07, 6.45) is -3.52. The van der Waals surface area contributed by atoms with Crippen molar-refractivity contribution in [2.24, 2.45) is 0 Å². The summed E-state index contributed by atoms with van der Waals surface area (Å²) in [5, 5.41) is 2.51. The summed E-state index contributed by atoms with van der Waals surface area (Å²) in [6, 6.07) is 2.98. The van der Waals surface area contributed by atoms with Crippen LogP contribution >= 0.6 is 0 Å². The molecule has 7 nitrogen and oxygen atoms in total. The van der Waals surface area contributed by atoms with Crippen molar-refractivity contribution in [1.82, 2.24) is 14.9 Å². The number of fused-ring (bicyclic) bond motifs is 3. The van der Waals surface area contributed by atoms with E-state index in [4.69, 9.17) is 4.74 Å². The zero-order valence-corrected chi connectivity index (χ0v) is 16.8. The number of nitrogens with zero attached hydrogens (tertiary/aromatic N) is 3. The fourth-order valence-electron chi connectivity index (χ4n) is 3.98. The Morgan fingerprint density at radius 3 is 2.56 bits per heavy atom. The van der Waals surface area contributed by atoms with Gasteiger partial charge >= 0.3 is 6.18 Å². The lowest BCUT2D eigenvalue weighted by Crippen LogP contribution is -2.35. The number of ether oxygens (including phenoxy) is 1. The lowest BCUT2D eigenvalue weighted by atomic mass is 9.98. The van der Waals surface area contributed by atoms with Crippen LogP contribution in [0.15, 0.2) is 18.3 Å². The van der Waals surface area contributed by atoms with Gasteiger partial charge in [0.1, 0.15) is 5.69 Å². The Balaban J connectivity index is 1.57. The summed E-state index contributed by atoms with van der Waals surface area (Å²) in [5.74, 6) is -2.88. The van der Waals surface area contributed by atoms with Gasteiger partial charge in [0.05, 0.1) is 13.2 Å². The van der Waals surface area contributed by atoms with Crippen molar-refractivity contribution < 1.29 is 31.9 Å². The van der Waals surface area contributed by atoms with Gasteiger partial charge in [-0.05, 0) is 30.5 Å². The lowest BCUT2D eigenvalue weighted by Gasteiger charge is -2.27. The van der Waals surface area contributed by atoms with Crippen molar-refractivity contribution in [1.29, 1.82) is 0 Å². The van der Waals surface area contributed by atoms with Gasteiger partial charge < -0.3 is 10.1 Å². The molecule has 5 rings (SSSR count). The maximum atomic E-state index is 14.1. The molecule has 11 heteroatoms. The Bertz CT molecular complexity index is 1120. The third-order valence-electron chi connectivity index (χ3n) is 5.84. The van der Waals surface area contributed by atoms with Crippen LogP contribution in [0.3, 0.4) is 0 Å². The first-order valence-corrected chi connectivity index (χ1v) is 10.1. The predicted molar refractivity (Wildman–Crippen MR) is 104 cm³/mol. The van der Waals surface area contributed by atoms with Crippen molar-refractivity contribution >= 4 is 17.4 Å². The molecule has 2 aromatic rings. The van der Waals surface area contributed by atoms with Crippen molar-refractivity contribution in [3.05, 3.63) is 41.0 Å². The van der Waals surface area contributed by atoms with Crippen molar-refractivity contribution in [2.75, 3.05) is 31.6 Å². The summed E-state index contributed by atoms with van der Waals surface area (Å²) in [4.78, 5) is 34.1. The van der Waals surface area contributed by atoms with E-state index in [0.29, 0.717) is 44.0 Å². The van der Waals surface area contributed by atoms with Crippen molar-refractivity contribution in [2.45, 2.75) is 31.2 Å². The van der Waals surface area contributed by atoms with Gasteiger partial charge in [-0.3, -0.25) is 14.5 Å². The second kappa shape index (κ2) is 7.31. The van der Waals surface area contributed by atoms with E-state index >= 15 is 0 Å². The van der Waals surface area contributed by atoms with E-state index in [2.05, 4.69) is 20.2 Å². The molecule has 2 fully saturated rings. The van der Waals surface area contributed by atoms with Crippen LogP contribution in [0.4, 0.5) is 23.2 Å². The number of amides is 1. The molecule has 1 aromatic carbocycles. The number of carbonyl (C=O) groups is 2. The fraction of sp³-hybridized carbons (Fsp3) is 0.429. The molecule has 2 heterocycles. The van der Waals surface area contributed by atoms with E-state index in [-0.39, 0.29) is 35.3 Å². The number of aromatic nitrogens is 2. The van der Waals surface area contributed by atoms with Gasteiger partial charge in [-0.25, -0.2) is 14.4 Å². The first-order valence-electron chi connectivity index (χ1n) is 10.1. The van der Waals surface area contributed by atoms with Gasteiger partial charge in [0, 0.05) is 48.2 Å². The van der Waals surface area contributed by atoms with E-state index in [1.165, 1.54) is 6.07 Å². The minimum absolute atomic E-state index is 0.110. The highest BCUT2D eigenvalue weighted by molar-refractivity contribution is 6.21. The molecule has 0 atom stereocenters. The molecule has 3 aliphatic rings. The fourth-order valence-corrected chi connectivity index (χ4v) is 3.98. The number of ketones is 1. The smallest absolute Gasteiger partial charge is 0.379 e. The number of alkyl halides is 4. The first-order chi connectivity index (χ1) is 15.2. The number of nitrogens with one attached hydrogen (secondary N) is 1. The Hall–Kier alpha value is -2.92. The van der Waals surface area contributed by atoms with Gasteiger partial charge in [0.15, 0.2) is 5.67 Å². The van der Waals surface area contributed by atoms with Crippen LogP contribution < -0.4 is 5.32 Å². The van der Waals surface area contributed by atoms with E-state index in [1.54, 1.807) is 6.07 Å². The van der Waals surface area contributed by atoms with Crippen LogP contribution in [0.5, 0.6) is 0 Å². The van der Waals surface area contributed by atoms with Crippen LogP contribution in [0, 0.1) is 0 Å². The molecule has 168 valence electrons. The number of benzene rings is 1. The number of morpholine rings is 1. The second-order valence-corrected chi connectivity index (χ2v) is 8.15. The quantitative estimate of drug-likeness (QED) is 0.616. The van der Waals surface area contributed by atoms with Crippen LogP contribution in [-0.2, 0) is 22.3 Å². The molecule has 0 radical (unpaired) electrons. The molecule has 1 amide bonds. The van der Waals surface area contributed by atoms with Crippen LogP contribution in [-0.4, -0.2) is 58.5 Å². The first kappa shape index (κ1) is 21.0. The highest BCUT2D eigenvalue weighted by Crippen LogP contribution is 2.43. The SMILES string of the molecule is O=C1c2cc(NC(=O)C3(F)CC3)cc(CN3CCOCC3)c2-c2cnc(C(F)(F)F)nc21. The minimum Gasteiger partial charge on any atom is -0.379 e. The maximum Gasteiger partial charge on any atom is 0.451 e. The Morgan fingerprint density at radius 2 is 1.91 bits per heavy atom. The van der Waals surface area contributed by atoms with E-state index < -0.39 is 29.4 Å². The molecular formula is C21H18F4N4O3. The molecule has 0 unspecified atom stereocenters. The summed E-state index contributed by atoms with van der Waals surface area (Å²) in [7, 11) is 0. The number of hydrogen-bond donors (Lipinski definition) is 1. The van der Waals surface area contributed by atoms with E-state index in [1.807, 2.05) is 0 Å². The molecule has 1 aromatic heterocycles. The third-order valence-corrected chi connectivity index (χ3v) is 5.84. The number of hydrogen-bond acceptors (Lipinski definition) is 6. The second-order valence-electron chi connectivity index (χ2n) is 8.15. The van der Waals surface area contributed by atoms with Gasteiger partial charge in [-0.2, -0.15) is 13.2 Å². The molecular weight excluding hydrogens is 432 g/mol. The predicted octanol–water partition coefficient (Wildman–Crippen LogP) is 2.98. The van der Waals surface area contributed by atoms with Gasteiger partial charge in [-0.15, -0.1) is 0 Å². The molecule has 0 bridgehead atoms. The van der Waals surface area contributed by atoms with Gasteiger partial charge in [0.25, 0.3) is 5.91 Å². The topological polar surface area (TPSA) is 84.4 Å². The molecule has 1 saturated carbocycles. The average Bonchev–Trinajstić information content (AvgIpc) is 3.45. The molecule has 1 N–H and O–H groups in total. The maximum absolute atomic E-state index is 14.1. The zero-order valence-electron chi connectivity index (χ0n) is 16.8. The minimum atomic E-state index is -4.79. The summed E-state index contributed by atoms with van der Waals surface area (Å²) < 4.78 is 58.8. The number of rotatable bonds is 4. The Morgan fingerprint density at radius 1 is 1.19 bits per heavy atom. The summed E-state index contributed by atoms with van der Waals surface area (Å²) in [6.45, 7) is 2.67. The number of anilines is 1. The van der Waals surface area contributed by atoms with Crippen molar-refractivity contribution in [3.8, 4) is 11.1 Å². The lowest BCUT2D eigenvalue weighted by molar-refractivity contribution is -0.145. The molecule has 32 heavy (non-hydrogen) atoms. The zero-order chi connectivity index (χ0) is 22.7. The van der Waals surface area contributed by atoms with Crippen LogP contribution in [0.2, 0.25) is 0 Å². The Kier molecular flexibility index (Phi) is 4.79. The van der Waals surface area contributed by atoms with Gasteiger partial charge in [-0.1, -0.05) is 0 Å². The molecule has 0 spiro atoms. The molecule has 2 aliphatic carbocycles. The molecule has 1 saturated heterocycles. The largest absolute Gasteiger partial charge is 0.451 e. The monoisotopic (exact) mass is 450 g/mol. The van der Waals surface area contributed by atoms with E-state index in [0.717, 1.165) is 6.20 Å². The summed E-state index contributed by atoms with van der Waals surface area (Å²) in [5.41, 5.74) is -0.668. The number of carbonyl (C=O) groups excluding carboxylic acids is 2. The van der Waals surface area contributed by atoms with Crippen LogP contribution in [0.25, 0.3) is 11.1 Å². The third kappa shape index (κ3) is 3.65. The summed E-state index contributed by atoms with van der Waals surface area (Å²) >= 11 is 0. The standard InChI is InChI=1S/C21H18F4N4O3/c22-20(1-2-20)19(31)27-12-7-11(10-29-3-5-32-6-4-29)15-13(8-12)17(30)16-14(15)9-26-18(28-16)21(23,24)25/h7-9H,1-6,10H2,(H,27,31). The van der Waals surface area contributed by atoms with Gasteiger partial charge in [0.2, 0.25) is 11.6 Å². The highest BCUT2D eigenvalue weighted by atomic mass is 19.4. The Labute approximate surface area is 179 Å². The van der Waals surface area contributed by atoms with Crippen LogP contribution in [0.1, 0.15) is 40.3 Å². The van der Waals surface area contributed by atoms with Crippen molar-refractivity contribution in [3.63, 3.8) is 0 Å².